The molecule has 148 valence electrons. The molecule has 0 aromatic heterocycles. The molecule has 4 N–H and O–H groups in total. The van der Waals surface area contributed by atoms with E-state index < -0.39 is 11.7 Å². The Bertz CT molecular complexity index is 820. The number of anilines is 1. The number of rotatable bonds is 6. The third kappa shape index (κ3) is 5.53. The van der Waals surface area contributed by atoms with Crippen LogP contribution in [0.4, 0.5) is 14.9 Å². The Morgan fingerprint density at radius 2 is 1.82 bits per heavy atom. The molecule has 3 rings (SSSR count). The number of amides is 3. The smallest absolute Gasteiger partial charge is 0.319 e. The van der Waals surface area contributed by atoms with Crippen molar-refractivity contribution < 1.29 is 14.0 Å². The van der Waals surface area contributed by atoms with Gasteiger partial charge in [0.25, 0.3) is 5.91 Å². The number of nitrogens with one attached hydrogen (secondary N) is 2. The lowest BCUT2D eigenvalue weighted by atomic mass is 10.0. The van der Waals surface area contributed by atoms with Crippen LogP contribution in [-0.2, 0) is 6.42 Å². The highest BCUT2D eigenvalue weighted by atomic mass is 19.1. The lowest BCUT2D eigenvalue weighted by Crippen LogP contribution is -2.46. The predicted octanol–water partition coefficient (Wildman–Crippen LogP) is 2.75. The van der Waals surface area contributed by atoms with Crippen LogP contribution in [0.5, 0.6) is 0 Å². The van der Waals surface area contributed by atoms with Crippen molar-refractivity contribution in [1.29, 1.82) is 0 Å². The van der Waals surface area contributed by atoms with E-state index in [4.69, 9.17) is 5.73 Å². The Kier molecular flexibility index (Phi) is 6.60. The topological polar surface area (TPSA) is 87.5 Å². The number of primary amides is 1. The third-order valence-electron chi connectivity index (χ3n) is 4.97. The molecular weight excluding hydrogens is 359 g/mol. The molecule has 2 aromatic carbocycles. The van der Waals surface area contributed by atoms with Crippen LogP contribution in [0.1, 0.15) is 28.8 Å². The van der Waals surface area contributed by atoms with Crippen LogP contribution < -0.4 is 16.4 Å². The molecule has 7 heteroatoms. The Hall–Kier alpha value is -2.93. The first-order valence-corrected chi connectivity index (χ1v) is 9.44. The van der Waals surface area contributed by atoms with Crippen molar-refractivity contribution in [2.24, 2.45) is 5.73 Å². The number of hydrogen-bond acceptors (Lipinski definition) is 3. The molecule has 0 aliphatic carbocycles. The van der Waals surface area contributed by atoms with E-state index in [0.717, 1.165) is 45.0 Å². The summed E-state index contributed by atoms with van der Waals surface area (Å²) in [7, 11) is 0. The summed E-state index contributed by atoms with van der Waals surface area (Å²) in [5.74, 6) is -1.59. The summed E-state index contributed by atoms with van der Waals surface area (Å²) in [6, 6.07) is 13.9. The van der Waals surface area contributed by atoms with Crippen molar-refractivity contribution in [3.8, 4) is 0 Å². The summed E-state index contributed by atoms with van der Waals surface area (Å²) < 4.78 is 13.8. The van der Waals surface area contributed by atoms with E-state index in [1.165, 1.54) is 17.7 Å². The molecule has 2 aromatic rings. The van der Waals surface area contributed by atoms with Gasteiger partial charge in [-0.15, -0.1) is 0 Å². The first-order chi connectivity index (χ1) is 13.5. The number of likely N-dealkylation sites (tertiary alicyclic amines) is 1. The van der Waals surface area contributed by atoms with Gasteiger partial charge in [-0.2, -0.15) is 0 Å². The van der Waals surface area contributed by atoms with Gasteiger partial charge in [0, 0.05) is 31.4 Å². The molecule has 0 saturated carbocycles. The molecular formula is C21H25FN4O2. The normalized spacial score (nSPS) is 15.2. The molecule has 1 heterocycles. The first-order valence-electron chi connectivity index (χ1n) is 9.44. The number of carbonyl (C=O) groups is 2. The van der Waals surface area contributed by atoms with Crippen LogP contribution in [0.15, 0.2) is 48.5 Å². The molecule has 1 aliphatic rings. The maximum atomic E-state index is 13.8. The number of carbonyl (C=O) groups excluding carboxylic acids is 2. The fourth-order valence-corrected chi connectivity index (χ4v) is 3.38. The molecule has 6 nitrogen and oxygen atoms in total. The van der Waals surface area contributed by atoms with Crippen LogP contribution in [0.2, 0.25) is 0 Å². The minimum atomic E-state index is -0.840. The summed E-state index contributed by atoms with van der Waals surface area (Å²) in [6.45, 7) is 2.87. The average molecular weight is 384 g/mol. The highest BCUT2D eigenvalue weighted by molar-refractivity contribution is 5.94. The van der Waals surface area contributed by atoms with Crippen molar-refractivity contribution in [2.45, 2.75) is 25.3 Å². The largest absolute Gasteiger partial charge is 0.366 e. The zero-order valence-corrected chi connectivity index (χ0v) is 15.7. The van der Waals surface area contributed by atoms with Crippen LogP contribution >= 0.6 is 0 Å². The average Bonchev–Trinajstić information content (AvgIpc) is 2.68. The number of halogens is 1. The van der Waals surface area contributed by atoms with Gasteiger partial charge in [-0.3, -0.25) is 4.79 Å². The van der Waals surface area contributed by atoms with Crippen molar-refractivity contribution in [1.82, 2.24) is 10.2 Å². The summed E-state index contributed by atoms with van der Waals surface area (Å²) in [4.78, 5) is 25.6. The van der Waals surface area contributed by atoms with Crippen molar-refractivity contribution in [3.63, 3.8) is 0 Å². The number of hydrogen-bond donors (Lipinski definition) is 3. The van der Waals surface area contributed by atoms with Gasteiger partial charge in [-0.1, -0.05) is 30.3 Å². The van der Waals surface area contributed by atoms with Gasteiger partial charge in [-0.25, -0.2) is 9.18 Å². The molecule has 1 fully saturated rings. The van der Waals surface area contributed by atoms with Crippen molar-refractivity contribution in [3.05, 3.63) is 65.5 Å². The Labute approximate surface area is 163 Å². The molecule has 0 unspecified atom stereocenters. The van der Waals surface area contributed by atoms with Crippen LogP contribution in [0, 0.1) is 5.82 Å². The van der Waals surface area contributed by atoms with Crippen LogP contribution in [-0.4, -0.2) is 42.5 Å². The Balaban J connectivity index is 1.41. The van der Waals surface area contributed by atoms with E-state index in [-0.39, 0.29) is 23.3 Å². The maximum Gasteiger partial charge on any atom is 0.319 e. The SMILES string of the molecule is NC(=O)c1ccc(NC(=O)NC2CCN(CCc3ccccc3)CC2)cc1F. The molecule has 1 aliphatic heterocycles. The van der Waals surface area contributed by atoms with Gasteiger partial charge in [-0.05, 0) is 43.0 Å². The zero-order valence-electron chi connectivity index (χ0n) is 15.7. The number of nitrogens with two attached hydrogens (primary N) is 1. The lowest BCUT2D eigenvalue weighted by molar-refractivity contribution is 0.0996. The highest BCUT2D eigenvalue weighted by Crippen LogP contribution is 2.15. The monoisotopic (exact) mass is 384 g/mol. The van der Waals surface area contributed by atoms with E-state index in [1.807, 2.05) is 6.07 Å². The number of piperidine rings is 1. The fraction of sp³-hybridized carbons (Fsp3) is 0.333. The van der Waals surface area contributed by atoms with Gasteiger partial charge < -0.3 is 21.3 Å². The molecule has 0 spiro atoms. The van der Waals surface area contributed by atoms with Gasteiger partial charge in [0.1, 0.15) is 5.82 Å². The van der Waals surface area contributed by atoms with Crippen molar-refractivity contribution in [2.75, 3.05) is 25.0 Å². The van der Waals surface area contributed by atoms with E-state index in [0.29, 0.717) is 0 Å². The van der Waals surface area contributed by atoms with Gasteiger partial charge in [0.15, 0.2) is 0 Å². The fourth-order valence-electron chi connectivity index (χ4n) is 3.38. The minimum absolute atomic E-state index is 0.0858. The minimum Gasteiger partial charge on any atom is -0.366 e. The lowest BCUT2D eigenvalue weighted by Gasteiger charge is -2.32. The van der Waals surface area contributed by atoms with Crippen LogP contribution in [0.3, 0.4) is 0 Å². The van der Waals surface area contributed by atoms with Crippen LogP contribution in [0.25, 0.3) is 0 Å². The maximum absolute atomic E-state index is 13.8. The van der Waals surface area contributed by atoms with Gasteiger partial charge in [0.05, 0.1) is 5.56 Å². The second-order valence-corrected chi connectivity index (χ2v) is 7.01. The van der Waals surface area contributed by atoms with Gasteiger partial charge >= 0.3 is 6.03 Å². The number of nitrogens with zero attached hydrogens (tertiary/aromatic N) is 1. The Morgan fingerprint density at radius 1 is 1.11 bits per heavy atom. The summed E-state index contributed by atoms with van der Waals surface area (Å²) in [6.07, 6.45) is 2.76. The molecule has 0 bridgehead atoms. The van der Waals surface area contributed by atoms with Gasteiger partial charge in [0.2, 0.25) is 0 Å². The number of benzene rings is 2. The van der Waals surface area contributed by atoms with Crippen molar-refractivity contribution >= 4 is 17.6 Å². The molecule has 0 radical (unpaired) electrons. The summed E-state index contributed by atoms with van der Waals surface area (Å²) in [5.41, 5.74) is 6.48. The predicted molar refractivity (Wildman–Crippen MR) is 107 cm³/mol. The molecule has 0 atom stereocenters. The zero-order chi connectivity index (χ0) is 19.9. The quantitative estimate of drug-likeness (QED) is 0.716. The second kappa shape index (κ2) is 9.32. The van der Waals surface area contributed by atoms with E-state index >= 15 is 0 Å². The first kappa shape index (κ1) is 19.8. The third-order valence-corrected chi connectivity index (χ3v) is 4.97. The van der Waals surface area contributed by atoms with E-state index in [2.05, 4.69) is 39.8 Å². The molecule has 28 heavy (non-hydrogen) atoms. The second-order valence-electron chi connectivity index (χ2n) is 7.01. The van der Waals surface area contributed by atoms with E-state index in [1.54, 1.807) is 0 Å². The van der Waals surface area contributed by atoms with E-state index in [9.17, 15) is 14.0 Å². The summed E-state index contributed by atoms with van der Waals surface area (Å²) >= 11 is 0. The standard InChI is InChI=1S/C21H25FN4O2/c22-19-14-17(6-7-18(19)20(23)27)25-21(28)24-16-9-12-26(13-10-16)11-8-15-4-2-1-3-5-15/h1-7,14,16H,8-13H2,(H2,23,27)(H2,24,25,28). The molecule has 3 amide bonds. The number of urea groups is 1. The Morgan fingerprint density at radius 3 is 2.46 bits per heavy atom. The summed E-state index contributed by atoms with van der Waals surface area (Å²) in [5, 5.41) is 5.53. The molecule has 1 saturated heterocycles. The highest BCUT2D eigenvalue weighted by Gasteiger charge is 2.20.